The summed E-state index contributed by atoms with van der Waals surface area (Å²) < 4.78 is 11.1. The Morgan fingerprint density at radius 2 is 1.16 bits per heavy atom. The molecule has 266 valence electrons. The Balaban J connectivity index is 0.000000490. The third-order valence-electron chi connectivity index (χ3n) is 8.25. The van der Waals surface area contributed by atoms with Crippen molar-refractivity contribution in [2.75, 3.05) is 0 Å². The molecule has 0 radical (unpaired) electrons. The molecule has 0 aromatic heterocycles. The molecule has 49 heavy (non-hydrogen) atoms. The van der Waals surface area contributed by atoms with E-state index < -0.39 is 59.2 Å². The lowest BCUT2D eigenvalue weighted by Crippen LogP contribution is -2.51. The number of hydrogen-bond donors (Lipinski definition) is 4. The molecule has 0 aliphatic heterocycles. The van der Waals surface area contributed by atoms with Crippen LogP contribution in [0, 0.1) is 0 Å². The molecule has 4 unspecified atom stereocenters. The molecule has 0 spiro atoms. The first-order chi connectivity index (χ1) is 22.6. The lowest BCUT2D eigenvalue weighted by atomic mass is 9.76. The molecule has 4 N–H and O–H groups in total. The number of esters is 2. The van der Waals surface area contributed by atoms with E-state index in [-0.39, 0.29) is 5.57 Å². The molecule has 0 saturated heterocycles. The molecule has 0 saturated carbocycles. The summed E-state index contributed by atoms with van der Waals surface area (Å²) in [5, 5.41) is 22.8. The van der Waals surface area contributed by atoms with Crippen LogP contribution in [0.4, 0.5) is 9.59 Å². The largest absolute Gasteiger partial charge is 0.465 e. The molecule has 4 atom stereocenters. The van der Waals surface area contributed by atoms with Gasteiger partial charge in [0.05, 0.1) is 12.1 Å². The summed E-state index contributed by atoms with van der Waals surface area (Å²) in [5.74, 6) is -1.14. The number of allylic oxidation sites excluding steroid dienone is 2. The molecule has 10 heteroatoms. The van der Waals surface area contributed by atoms with E-state index in [1.54, 1.807) is 20.8 Å². The molecule has 0 fully saturated rings. The monoisotopic (exact) mass is 676 g/mol. The molecule has 2 rings (SSSR count). The number of carbonyl (C=O) groups is 4. The predicted molar refractivity (Wildman–Crippen MR) is 194 cm³/mol. The summed E-state index contributed by atoms with van der Waals surface area (Å²) in [6.45, 7) is 31.2. The highest BCUT2D eigenvalue weighted by molar-refractivity contribution is 5.87. The SMILES string of the molecule is C=C(C)C(=O)OC(C(C)NC(=O)O)C(C)(C)c1cccc(C(=C)C)c1.C=CC(=O)OC(C(C)NC(=O)O)C(C)(C)c1ccc(C(=C)C)cc1. The van der Waals surface area contributed by atoms with Crippen LogP contribution in [0.15, 0.2) is 86.5 Å². The number of hydrogen-bond acceptors (Lipinski definition) is 6. The number of carbonyl (C=O) groups excluding carboxylic acids is 2. The molecule has 0 heterocycles. The van der Waals surface area contributed by atoms with Crippen LogP contribution >= 0.6 is 0 Å². The lowest BCUT2D eigenvalue weighted by molar-refractivity contribution is -0.149. The maximum absolute atomic E-state index is 12.1. The van der Waals surface area contributed by atoms with E-state index in [0.717, 1.165) is 39.5 Å². The fourth-order valence-corrected chi connectivity index (χ4v) is 5.38. The second-order valence-electron chi connectivity index (χ2n) is 13.3. The van der Waals surface area contributed by atoms with Gasteiger partial charge in [-0.25, -0.2) is 19.2 Å². The van der Waals surface area contributed by atoms with Gasteiger partial charge in [-0.15, -0.1) is 0 Å². The second kappa shape index (κ2) is 17.9. The van der Waals surface area contributed by atoms with Crippen molar-refractivity contribution in [3.8, 4) is 0 Å². The van der Waals surface area contributed by atoms with Gasteiger partial charge < -0.3 is 30.3 Å². The van der Waals surface area contributed by atoms with Crippen molar-refractivity contribution in [1.82, 2.24) is 10.6 Å². The summed E-state index contributed by atoms with van der Waals surface area (Å²) in [5.41, 5.74) is 4.73. The van der Waals surface area contributed by atoms with Crippen molar-refractivity contribution in [2.45, 2.75) is 97.4 Å². The average Bonchev–Trinajstić information content (AvgIpc) is 3.01. The van der Waals surface area contributed by atoms with Crippen LogP contribution in [-0.4, -0.2) is 58.6 Å². The van der Waals surface area contributed by atoms with E-state index in [1.165, 1.54) is 0 Å². The van der Waals surface area contributed by atoms with Crippen LogP contribution in [0.3, 0.4) is 0 Å². The van der Waals surface area contributed by atoms with Gasteiger partial charge in [-0.1, -0.05) is 114 Å². The Labute approximate surface area is 290 Å². The first-order valence-electron chi connectivity index (χ1n) is 15.8. The van der Waals surface area contributed by atoms with Crippen molar-refractivity contribution >= 4 is 35.3 Å². The summed E-state index contributed by atoms with van der Waals surface area (Å²) in [6.07, 6.45) is -2.69. The molecule has 2 aromatic rings. The van der Waals surface area contributed by atoms with E-state index in [4.69, 9.17) is 19.7 Å². The van der Waals surface area contributed by atoms with Gasteiger partial charge in [0.25, 0.3) is 0 Å². The average molecular weight is 677 g/mol. The first-order valence-corrected chi connectivity index (χ1v) is 15.8. The Morgan fingerprint density at radius 3 is 1.57 bits per heavy atom. The Kier molecular flexibility index (Phi) is 15.3. The maximum atomic E-state index is 12.1. The van der Waals surface area contributed by atoms with Gasteiger partial charge in [-0.05, 0) is 56.9 Å². The summed E-state index contributed by atoms with van der Waals surface area (Å²) in [6, 6.07) is 14.3. The van der Waals surface area contributed by atoms with Gasteiger partial charge in [0, 0.05) is 22.5 Å². The predicted octanol–water partition coefficient (Wildman–Crippen LogP) is 7.89. The molecule has 2 amide bonds. The highest BCUT2D eigenvalue weighted by Crippen LogP contribution is 2.34. The van der Waals surface area contributed by atoms with Crippen molar-refractivity contribution in [2.24, 2.45) is 0 Å². The molecule has 2 aromatic carbocycles. The zero-order valence-electron chi connectivity index (χ0n) is 30.2. The van der Waals surface area contributed by atoms with Crippen molar-refractivity contribution in [3.63, 3.8) is 0 Å². The number of amides is 2. The van der Waals surface area contributed by atoms with Gasteiger partial charge in [0.2, 0.25) is 0 Å². The van der Waals surface area contributed by atoms with Gasteiger partial charge >= 0.3 is 24.1 Å². The topological polar surface area (TPSA) is 151 Å². The van der Waals surface area contributed by atoms with E-state index in [2.05, 4.69) is 36.9 Å². The highest BCUT2D eigenvalue weighted by atomic mass is 16.6. The van der Waals surface area contributed by atoms with Gasteiger partial charge in [-0.3, -0.25) is 0 Å². The molecular weight excluding hydrogens is 624 g/mol. The van der Waals surface area contributed by atoms with Gasteiger partial charge in [0.1, 0.15) is 12.2 Å². The van der Waals surface area contributed by atoms with E-state index in [1.807, 2.05) is 90.1 Å². The van der Waals surface area contributed by atoms with Crippen LogP contribution in [0.2, 0.25) is 0 Å². The quantitative estimate of drug-likeness (QED) is 0.116. The van der Waals surface area contributed by atoms with Crippen molar-refractivity contribution in [3.05, 3.63) is 109 Å². The van der Waals surface area contributed by atoms with Crippen molar-refractivity contribution < 1.29 is 38.9 Å². The number of ether oxygens (including phenoxy) is 2. The molecule has 0 aliphatic carbocycles. The van der Waals surface area contributed by atoms with E-state index >= 15 is 0 Å². The summed E-state index contributed by atoms with van der Waals surface area (Å²) in [7, 11) is 0. The number of rotatable bonds is 14. The van der Waals surface area contributed by atoms with Gasteiger partial charge in [0.15, 0.2) is 0 Å². The number of carboxylic acid groups (broad SMARTS) is 2. The van der Waals surface area contributed by atoms with Crippen LogP contribution in [0.5, 0.6) is 0 Å². The van der Waals surface area contributed by atoms with Crippen LogP contribution < -0.4 is 10.6 Å². The minimum absolute atomic E-state index is 0.263. The zero-order valence-corrected chi connectivity index (χ0v) is 30.2. The fraction of sp³-hybridized carbons (Fsp3) is 0.385. The minimum Gasteiger partial charge on any atom is -0.465 e. The maximum Gasteiger partial charge on any atom is 0.404 e. The lowest BCUT2D eigenvalue weighted by Gasteiger charge is -2.38. The third-order valence-corrected chi connectivity index (χ3v) is 8.25. The summed E-state index contributed by atoms with van der Waals surface area (Å²) in [4.78, 5) is 45.8. The van der Waals surface area contributed by atoms with Crippen LogP contribution in [-0.2, 0) is 29.9 Å². The van der Waals surface area contributed by atoms with Crippen molar-refractivity contribution in [1.29, 1.82) is 0 Å². The Bertz CT molecular complexity index is 1550. The standard InChI is InChI=1S/C20H27NO4.C19H25NO4/c1-12(2)15-9-8-10-16(11-15)20(6,7)17(14(5)21-19(23)24)25-18(22)13(3)4;1-7-16(21)24-17(13(4)20-18(22)23)19(5,6)15-10-8-14(9-11-15)12(2)3/h8-11,14,17,21H,1,3H2,2,4-7H3,(H,23,24);7-11,13,17,20H,1-2H2,3-6H3,(H,22,23). The summed E-state index contributed by atoms with van der Waals surface area (Å²) >= 11 is 0. The van der Waals surface area contributed by atoms with Gasteiger partial charge in [-0.2, -0.15) is 0 Å². The fourth-order valence-electron chi connectivity index (χ4n) is 5.38. The molecule has 0 bridgehead atoms. The number of benzene rings is 2. The van der Waals surface area contributed by atoms with E-state index in [0.29, 0.717) is 0 Å². The first kappa shape index (κ1) is 41.9. The minimum atomic E-state index is -1.17. The second-order valence-corrected chi connectivity index (χ2v) is 13.3. The number of nitrogens with one attached hydrogen (secondary N) is 2. The zero-order chi connectivity index (χ0) is 37.9. The van der Waals surface area contributed by atoms with E-state index in [9.17, 15) is 19.2 Å². The smallest absolute Gasteiger partial charge is 0.404 e. The highest BCUT2D eigenvalue weighted by Gasteiger charge is 2.40. The molecular formula is C39H52N2O8. The molecule has 0 aliphatic rings. The van der Waals surface area contributed by atoms with Crippen LogP contribution in [0.1, 0.15) is 84.6 Å². The molecule has 10 nitrogen and oxygen atoms in total. The van der Waals surface area contributed by atoms with Crippen LogP contribution in [0.25, 0.3) is 11.1 Å². The Hall–Kier alpha value is -5.12. The normalized spacial score (nSPS) is 13.5. The Morgan fingerprint density at radius 1 is 0.714 bits per heavy atom. The third kappa shape index (κ3) is 12.1.